The van der Waals surface area contributed by atoms with Gasteiger partial charge in [-0.25, -0.2) is 10.0 Å². The minimum absolute atomic E-state index is 0.112. The molecule has 3 heterocycles. The molecule has 20 heavy (non-hydrogen) atoms. The second kappa shape index (κ2) is 4.30. The summed E-state index contributed by atoms with van der Waals surface area (Å²) < 4.78 is 6.30. The quantitative estimate of drug-likeness (QED) is 0.829. The highest BCUT2D eigenvalue weighted by Crippen LogP contribution is 2.48. The summed E-state index contributed by atoms with van der Waals surface area (Å²) in [6.07, 6.45) is 4.13. The van der Waals surface area contributed by atoms with Gasteiger partial charge in [-0.05, 0) is 18.9 Å². The first-order chi connectivity index (χ1) is 9.78. The Morgan fingerprint density at radius 3 is 3.10 bits per heavy atom. The van der Waals surface area contributed by atoms with Crippen LogP contribution in [0.2, 0.25) is 0 Å². The first-order valence-corrected chi connectivity index (χ1v) is 7.62. The standard InChI is InChI=1S/C16H20N2O2/c1-2-9-16-14-8-4-3-7-13(14)15(19)18(16)17-10-5-6-12(17)11-20-16/h3-4,7-8,12H,2,5-6,9-11H2,1H3/t12-,16+/m0/s1. The van der Waals surface area contributed by atoms with Crippen LogP contribution in [-0.2, 0) is 10.5 Å². The van der Waals surface area contributed by atoms with E-state index in [9.17, 15) is 4.79 Å². The lowest BCUT2D eigenvalue weighted by Crippen LogP contribution is -2.62. The second-order valence-corrected chi connectivity index (χ2v) is 5.97. The lowest BCUT2D eigenvalue weighted by molar-refractivity contribution is -0.269. The van der Waals surface area contributed by atoms with Gasteiger partial charge in [-0.3, -0.25) is 4.79 Å². The topological polar surface area (TPSA) is 32.8 Å². The van der Waals surface area contributed by atoms with Crippen molar-refractivity contribution in [2.45, 2.75) is 44.4 Å². The molecule has 3 aliphatic heterocycles. The molecule has 0 saturated carbocycles. The Balaban J connectivity index is 1.87. The minimum Gasteiger partial charge on any atom is -0.348 e. The van der Waals surface area contributed by atoms with Gasteiger partial charge in [0.2, 0.25) is 0 Å². The number of rotatable bonds is 2. The van der Waals surface area contributed by atoms with Crippen molar-refractivity contribution in [1.82, 2.24) is 10.0 Å². The lowest BCUT2D eigenvalue weighted by atomic mass is 9.96. The summed E-state index contributed by atoms with van der Waals surface area (Å²) in [5, 5.41) is 4.20. The fourth-order valence-electron chi connectivity index (χ4n) is 4.00. The van der Waals surface area contributed by atoms with Gasteiger partial charge in [0.15, 0.2) is 5.72 Å². The average Bonchev–Trinajstić information content (AvgIpc) is 3.02. The summed E-state index contributed by atoms with van der Waals surface area (Å²) in [4.78, 5) is 12.9. The van der Waals surface area contributed by atoms with E-state index in [0.717, 1.165) is 50.0 Å². The molecule has 2 fully saturated rings. The third kappa shape index (κ3) is 1.41. The molecule has 0 N–H and O–H groups in total. The molecular weight excluding hydrogens is 252 g/mol. The fourth-order valence-corrected chi connectivity index (χ4v) is 4.00. The highest BCUT2D eigenvalue weighted by atomic mass is 16.5. The van der Waals surface area contributed by atoms with E-state index in [2.05, 4.69) is 18.0 Å². The average molecular weight is 272 g/mol. The van der Waals surface area contributed by atoms with Crippen LogP contribution in [0.25, 0.3) is 0 Å². The number of carbonyl (C=O) groups is 1. The first-order valence-electron chi connectivity index (χ1n) is 7.62. The van der Waals surface area contributed by atoms with Gasteiger partial charge in [-0.2, -0.15) is 0 Å². The third-order valence-electron chi connectivity index (χ3n) is 4.82. The predicted octanol–water partition coefficient (Wildman–Crippen LogP) is 2.50. The van der Waals surface area contributed by atoms with Crippen LogP contribution in [-0.4, -0.2) is 35.1 Å². The van der Waals surface area contributed by atoms with E-state index < -0.39 is 5.72 Å². The number of amides is 1. The maximum absolute atomic E-state index is 12.9. The van der Waals surface area contributed by atoms with Crippen molar-refractivity contribution < 1.29 is 9.53 Å². The Bertz CT molecular complexity index is 559. The zero-order valence-corrected chi connectivity index (χ0v) is 11.8. The summed E-state index contributed by atoms with van der Waals surface area (Å²) in [7, 11) is 0. The van der Waals surface area contributed by atoms with Crippen LogP contribution < -0.4 is 0 Å². The fraction of sp³-hybridized carbons (Fsp3) is 0.562. The van der Waals surface area contributed by atoms with Crippen molar-refractivity contribution in [3.63, 3.8) is 0 Å². The van der Waals surface area contributed by atoms with Crippen molar-refractivity contribution in [1.29, 1.82) is 0 Å². The molecule has 2 atom stereocenters. The maximum Gasteiger partial charge on any atom is 0.271 e. The summed E-state index contributed by atoms with van der Waals surface area (Å²) in [5.41, 5.74) is 1.31. The van der Waals surface area contributed by atoms with Gasteiger partial charge in [-0.15, -0.1) is 0 Å². The van der Waals surface area contributed by atoms with Crippen molar-refractivity contribution in [3.8, 4) is 0 Å². The van der Waals surface area contributed by atoms with E-state index in [1.165, 1.54) is 0 Å². The number of benzene rings is 1. The number of hydrazine groups is 1. The Kier molecular flexibility index (Phi) is 2.66. The number of fused-ring (bicyclic) bond motifs is 5. The molecule has 4 heteroatoms. The molecule has 106 valence electrons. The molecular formula is C16H20N2O2. The van der Waals surface area contributed by atoms with Gasteiger partial charge in [0, 0.05) is 24.1 Å². The molecule has 3 aliphatic rings. The van der Waals surface area contributed by atoms with E-state index in [0.29, 0.717) is 6.04 Å². The second-order valence-electron chi connectivity index (χ2n) is 5.97. The van der Waals surface area contributed by atoms with E-state index >= 15 is 0 Å². The molecule has 1 amide bonds. The van der Waals surface area contributed by atoms with Crippen LogP contribution in [0.5, 0.6) is 0 Å². The molecule has 2 saturated heterocycles. The molecule has 0 aliphatic carbocycles. The van der Waals surface area contributed by atoms with E-state index in [-0.39, 0.29) is 5.91 Å². The van der Waals surface area contributed by atoms with Crippen LogP contribution in [0, 0.1) is 0 Å². The van der Waals surface area contributed by atoms with E-state index in [4.69, 9.17) is 4.74 Å². The highest BCUT2D eigenvalue weighted by Gasteiger charge is 2.57. The van der Waals surface area contributed by atoms with Crippen LogP contribution in [0.3, 0.4) is 0 Å². The normalized spacial score (nSPS) is 32.1. The molecule has 1 aromatic carbocycles. The highest BCUT2D eigenvalue weighted by molar-refractivity contribution is 5.99. The van der Waals surface area contributed by atoms with Gasteiger partial charge >= 0.3 is 0 Å². The Morgan fingerprint density at radius 2 is 2.25 bits per heavy atom. The minimum atomic E-state index is -0.552. The van der Waals surface area contributed by atoms with Crippen molar-refractivity contribution in [3.05, 3.63) is 35.4 Å². The van der Waals surface area contributed by atoms with Gasteiger partial charge in [0.1, 0.15) is 0 Å². The molecule has 0 radical (unpaired) electrons. The molecule has 4 nitrogen and oxygen atoms in total. The monoisotopic (exact) mass is 272 g/mol. The van der Waals surface area contributed by atoms with E-state index in [1.54, 1.807) is 0 Å². The van der Waals surface area contributed by atoms with Crippen molar-refractivity contribution >= 4 is 5.91 Å². The Labute approximate surface area is 119 Å². The summed E-state index contributed by atoms with van der Waals surface area (Å²) in [6, 6.07) is 8.31. The number of hydrogen-bond donors (Lipinski definition) is 0. The predicted molar refractivity (Wildman–Crippen MR) is 74.9 cm³/mol. The van der Waals surface area contributed by atoms with Crippen molar-refractivity contribution in [2.24, 2.45) is 0 Å². The Hall–Kier alpha value is -1.39. The van der Waals surface area contributed by atoms with Crippen molar-refractivity contribution in [2.75, 3.05) is 13.2 Å². The summed E-state index contributed by atoms with van der Waals surface area (Å²) >= 11 is 0. The summed E-state index contributed by atoms with van der Waals surface area (Å²) in [5.74, 6) is 0.112. The molecule has 0 spiro atoms. The van der Waals surface area contributed by atoms with Crippen LogP contribution in [0.15, 0.2) is 24.3 Å². The van der Waals surface area contributed by atoms with Gasteiger partial charge in [0.05, 0.1) is 12.6 Å². The zero-order chi connectivity index (χ0) is 13.7. The van der Waals surface area contributed by atoms with Gasteiger partial charge < -0.3 is 4.74 Å². The number of ether oxygens (including phenoxy) is 1. The smallest absolute Gasteiger partial charge is 0.271 e. The molecule has 0 unspecified atom stereocenters. The third-order valence-corrected chi connectivity index (χ3v) is 4.82. The number of hydrogen-bond acceptors (Lipinski definition) is 3. The zero-order valence-electron chi connectivity index (χ0n) is 11.8. The van der Waals surface area contributed by atoms with E-state index in [1.807, 2.05) is 23.2 Å². The maximum atomic E-state index is 12.9. The van der Waals surface area contributed by atoms with Crippen LogP contribution in [0.1, 0.15) is 48.5 Å². The Morgan fingerprint density at radius 1 is 1.40 bits per heavy atom. The largest absolute Gasteiger partial charge is 0.348 e. The molecule has 0 aromatic heterocycles. The van der Waals surface area contributed by atoms with Crippen LogP contribution >= 0.6 is 0 Å². The SMILES string of the molecule is CCC[C@]12OC[C@@H]3CCCN3N1C(=O)c1ccccc12. The molecule has 1 aromatic rings. The lowest BCUT2D eigenvalue weighted by Gasteiger charge is -2.50. The first kappa shape index (κ1) is 12.4. The number of nitrogens with zero attached hydrogens (tertiary/aromatic N) is 2. The van der Waals surface area contributed by atoms with Gasteiger partial charge in [-0.1, -0.05) is 31.5 Å². The summed E-state index contributed by atoms with van der Waals surface area (Å²) in [6.45, 7) is 3.86. The molecule has 0 bridgehead atoms. The van der Waals surface area contributed by atoms with Crippen LogP contribution in [0.4, 0.5) is 0 Å². The van der Waals surface area contributed by atoms with Gasteiger partial charge in [0.25, 0.3) is 5.91 Å². The number of carbonyl (C=O) groups excluding carboxylic acids is 1. The molecule has 4 rings (SSSR count).